The number of alkyl halides is 3. The second kappa shape index (κ2) is 7.26. The average molecular weight is 432 g/mol. The van der Waals surface area contributed by atoms with E-state index in [-0.39, 0.29) is 10.4 Å². The second-order valence-corrected chi connectivity index (χ2v) is 6.89. The first-order chi connectivity index (χ1) is 12.3. The summed E-state index contributed by atoms with van der Waals surface area (Å²) in [6.45, 7) is 2.09. The van der Waals surface area contributed by atoms with Crippen molar-refractivity contribution in [3.8, 4) is 0 Å². The van der Waals surface area contributed by atoms with Crippen molar-refractivity contribution in [2.24, 2.45) is 7.05 Å². The third-order valence-corrected chi connectivity index (χ3v) is 4.75. The van der Waals surface area contributed by atoms with E-state index >= 15 is 0 Å². The Labute approximate surface area is 156 Å². The monoisotopic (exact) mass is 431 g/mol. The van der Waals surface area contributed by atoms with Crippen molar-refractivity contribution in [1.82, 2.24) is 19.7 Å². The normalized spacial score (nSPS) is 15.9. The number of rotatable bonds is 2. The molecule has 1 aliphatic rings. The second-order valence-electron chi connectivity index (χ2n) is 6.03. The SMILES string of the molecule is Cn1ccc(C(=O)N2CCCN(c3ncc(C(F)(F)F)cc3Br)CC2)n1. The molecule has 0 saturated carbocycles. The van der Waals surface area contributed by atoms with Crippen LogP contribution in [0.5, 0.6) is 0 Å². The number of pyridine rings is 1. The van der Waals surface area contributed by atoms with Gasteiger partial charge in [-0.15, -0.1) is 0 Å². The molecule has 6 nitrogen and oxygen atoms in total. The van der Waals surface area contributed by atoms with Crippen LogP contribution >= 0.6 is 15.9 Å². The van der Waals surface area contributed by atoms with Crippen molar-refractivity contribution in [3.63, 3.8) is 0 Å². The van der Waals surface area contributed by atoms with Crippen molar-refractivity contribution in [3.05, 3.63) is 40.3 Å². The summed E-state index contributed by atoms with van der Waals surface area (Å²) in [6, 6.07) is 2.70. The minimum absolute atomic E-state index is 0.146. The zero-order valence-electron chi connectivity index (χ0n) is 14.0. The molecule has 0 radical (unpaired) electrons. The lowest BCUT2D eigenvalue weighted by Crippen LogP contribution is -2.35. The van der Waals surface area contributed by atoms with Gasteiger partial charge in [-0.25, -0.2) is 4.98 Å². The number of aromatic nitrogens is 3. The Kier molecular flexibility index (Phi) is 5.22. The van der Waals surface area contributed by atoms with Crippen LogP contribution in [-0.4, -0.2) is 51.8 Å². The maximum absolute atomic E-state index is 12.8. The van der Waals surface area contributed by atoms with Gasteiger partial charge in [-0.2, -0.15) is 18.3 Å². The quantitative estimate of drug-likeness (QED) is 0.733. The first-order valence-electron chi connectivity index (χ1n) is 8.02. The maximum Gasteiger partial charge on any atom is 0.417 e. The fourth-order valence-corrected chi connectivity index (χ4v) is 3.44. The Morgan fingerprint density at radius 1 is 1.23 bits per heavy atom. The van der Waals surface area contributed by atoms with Gasteiger partial charge in [0.2, 0.25) is 0 Å². The Morgan fingerprint density at radius 2 is 2.00 bits per heavy atom. The molecule has 2 aromatic rings. The number of halogens is 4. The predicted octanol–water partition coefficient (Wildman–Crippen LogP) is 2.95. The highest BCUT2D eigenvalue weighted by atomic mass is 79.9. The topological polar surface area (TPSA) is 54.3 Å². The van der Waals surface area contributed by atoms with Crippen molar-refractivity contribution < 1.29 is 18.0 Å². The van der Waals surface area contributed by atoms with Gasteiger partial charge in [0.1, 0.15) is 11.5 Å². The number of carbonyl (C=O) groups is 1. The van der Waals surface area contributed by atoms with Crippen LogP contribution in [0.25, 0.3) is 0 Å². The lowest BCUT2D eigenvalue weighted by Gasteiger charge is -2.24. The first kappa shape index (κ1) is 18.7. The van der Waals surface area contributed by atoms with Crippen LogP contribution < -0.4 is 4.90 Å². The zero-order valence-corrected chi connectivity index (χ0v) is 15.6. The Balaban J connectivity index is 1.72. The molecule has 140 valence electrons. The molecule has 0 bridgehead atoms. The first-order valence-corrected chi connectivity index (χ1v) is 8.81. The molecule has 3 heterocycles. The van der Waals surface area contributed by atoms with Crippen LogP contribution in [0, 0.1) is 0 Å². The molecule has 0 unspecified atom stereocenters. The summed E-state index contributed by atoms with van der Waals surface area (Å²) in [5.41, 5.74) is -0.412. The van der Waals surface area contributed by atoms with E-state index in [2.05, 4.69) is 26.0 Å². The summed E-state index contributed by atoms with van der Waals surface area (Å²) < 4.78 is 40.2. The largest absolute Gasteiger partial charge is 0.417 e. The smallest absolute Gasteiger partial charge is 0.354 e. The highest BCUT2D eigenvalue weighted by molar-refractivity contribution is 9.10. The molecule has 3 rings (SSSR count). The number of aryl methyl sites for hydroxylation is 1. The summed E-state index contributed by atoms with van der Waals surface area (Å²) in [7, 11) is 1.74. The summed E-state index contributed by atoms with van der Waals surface area (Å²) >= 11 is 3.19. The fraction of sp³-hybridized carbons (Fsp3) is 0.438. The average Bonchev–Trinajstić information content (AvgIpc) is 2.87. The van der Waals surface area contributed by atoms with Crippen LogP contribution in [0.2, 0.25) is 0 Å². The number of nitrogens with zero attached hydrogens (tertiary/aromatic N) is 5. The van der Waals surface area contributed by atoms with E-state index < -0.39 is 11.7 Å². The molecule has 2 aromatic heterocycles. The molecule has 1 amide bonds. The van der Waals surface area contributed by atoms with Crippen LogP contribution in [0.1, 0.15) is 22.5 Å². The minimum Gasteiger partial charge on any atom is -0.354 e. The van der Waals surface area contributed by atoms with Crippen molar-refractivity contribution in [2.75, 3.05) is 31.1 Å². The summed E-state index contributed by atoms with van der Waals surface area (Å²) in [6.07, 6.45) is -1.20. The van der Waals surface area contributed by atoms with Crippen molar-refractivity contribution in [1.29, 1.82) is 0 Å². The van der Waals surface area contributed by atoms with E-state index in [0.717, 1.165) is 12.3 Å². The van der Waals surface area contributed by atoms with Gasteiger partial charge < -0.3 is 9.80 Å². The fourth-order valence-electron chi connectivity index (χ4n) is 2.84. The summed E-state index contributed by atoms with van der Waals surface area (Å²) in [4.78, 5) is 20.1. The van der Waals surface area contributed by atoms with Crippen LogP contribution in [0.15, 0.2) is 29.0 Å². The number of anilines is 1. The highest BCUT2D eigenvalue weighted by Gasteiger charge is 2.32. The molecule has 0 aliphatic carbocycles. The molecule has 1 saturated heterocycles. The van der Waals surface area contributed by atoms with E-state index in [1.165, 1.54) is 0 Å². The van der Waals surface area contributed by atoms with Gasteiger partial charge in [0.15, 0.2) is 0 Å². The van der Waals surface area contributed by atoms with E-state index in [4.69, 9.17) is 0 Å². The molecule has 0 atom stereocenters. The van der Waals surface area contributed by atoms with Gasteiger partial charge in [0.05, 0.1) is 10.0 Å². The lowest BCUT2D eigenvalue weighted by molar-refractivity contribution is -0.137. The van der Waals surface area contributed by atoms with Crippen molar-refractivity contribution >= 4 is 27.7 Å². The third kappa shape index (κ3) is 4.00. The number of amides is 1. The van der Waals surface area contributed by atoms with Gasteiger partial charge in [-0.1, -0.05) is 0 Å². The Bertz CT molecular complexity index is 807. The van der Waals surface area contributed by atoms with Gasteiger partial charge >= 0.3 is 6.18 Å². The van der Waals surface area contributed by atoms with Crippen LogP contribution in [-0.2, 0) is 13.2 Å². The van der Waals surface area contributed by atoms with E-state index in [1.807, 2.05) is 4.90 Å². The van der Waals surface area contributed by atoms with E-state index in [0.29, 0.717) is 44.1 Å². The third-order valence-electron chi connectivity index (χ3n) is 4.16. The molecule has 10 heteroatoms. The standard InChI is InChI=1S/C16H17BrF3N5O/c1-23-6-3-13(22-23)15(26)25-5-2-4-24(7-8-25)14-12(17)9-11(10-21-14)16(18,19)20/h3,6,9-10H,2,4-5,7-8H2,1H3. The summed E-state index contributed by atoms with van der Waals surface area (Å²) in [5.74, 6) is 0.303. The maximum atomic E-state index is 12.8. The van der Waals surface area contributed by atoms with Gasteiger partial charge in [0, 0.05) is 45.6 Å². The molecule has 26 heavy (non-hydrogen) atoms. The van der Waals surface area contributed by atoms with Gasteiger partial charge in [-0.3, -0.25) is 9.48 Å². The van der Waals surface area contributed by atoms with Crippen molar-refractivity contribution in [2.45, 2.75) is 12.6 Å². The lowest BCUT2D eigenvalue weighted by atomic mass is 10.2. The van der Waals surface area contributed by atoms with E-state index in [1.54, 1.807) is 28.9 Å². The molecule has 0 spiro atoms. The number of carbonyl (C=O) groups excluding carboxylic acids is 1. The number of hydrogen-bond donors (Lipinski definition) is 0. The Hall–Kier alpha value is -2.10. The molecule has 1 aliphatic heterocycles. The predicted molar refractivity (Wildman–Crippen MR) is 92.9 cm³/mol. The zero-order chi connectivity index (χ0) is 18.9. The summed E-state index contributed by atoms with van der Waals surface area (Å²) in [5, 5.41) is 4.13. The minimum atomic E-state index is -4.43. The molecule has 1 fully saturated rings. The van der Waals surface area contributed by atoms with Crippen LogP contribution in [0.3, 0.4) is 0 Å². The highest BCUT2D eigenvalue weighted by Crippen LogP contribution is 2.33. The van der Waals surface area contributed by atoms with Crippen LogP contribution in [0.4, 0.5) is 19.0 Å². The Morgan fingerprint density at radius 3 is 2.62 bits per heavy atom. The number of hydrogen-bond acceptors (Lipinski definition) is 4. The van der Waals surface area contributed by atoms with Gasteiger partial charge in [0.25, 0.3) is 5.91 Å². The molecule has 0 N–H and O–H groups in total. The molecule has 0 aromatic carbocycles. The van der Waals surface area contributed by atoms with Gasteiger partial charge in [-0.05, 0) is 34.5 Å². The molecular weight excluding hydrogens is 415 g/mol. The molecular formula is C16H17BrF3N5O. The van der Waals surface area contributed by atoms with E-state index in [9.17, 15) is 18.0 Å².